The number of carbonyl (C=O) groups is 3. The van der Waals surface area contributed by atoms with E-state index in [2.05, 4.69) is 29.2 Å². The van der Waals surface area contributed by atoms with E-state index in [-0.39, 0.29) is 42.5 Å². The molecule has 0 unspecified atom stereocenters. The summed E-state index contributed by atoms with van der Waals surface area (Å²) in [5.74, 6) is -0.604. The van der Waals surface area contributed by atoms with E-state index in [4.69, 9.17) is 0 Å². The standard InChI is InChI=1S/C24H29N3O3/c28-22(12-14-27-23(29)20-10-4-5-11-21(20)24(27)30)26-17-15-25(16-18-26)13-6-9-19-7-2-1-3-8-19/h1-9,20-21H,10-18H2/b9-6+/t20-,21+. The molecule has 0 N–H and O–H groups in total. The maximum atomic E-state index is 12.6. The topological polar surface area (TPSA) is 60.9 Å². The maximum Gasteiger partial charge on any atom is 0.233 e. The van der Waals surface area contributed by atoms with Crippen molar-refractivity contribution < 1.29 is 14.4 Å². The van der Waals surface area contributed by atoms with Gasteiger partial charge in [-0.1, -0.05) is 54.6 Å². The Bertz CT molecular complexity index is 815. The third-order valence-corrected chi connectivity index (χ3v) is 6.35. The Kier molecular flexibility index (Phi) is 6.43. The lowest BCUT2D eigenvalue weighted by molar-refractivity contribution is -0.141. The number of nitrogens with zero attached hydrogens (tertiary/aromatic N) is 3. The number of imide groups is 1. The zero-order valence-electron chi connectivity index (χ0n) is 17.3. The van der Waals surface area contributed by atoms with Crippen LogP contribution >= 0.6 is 0 Å². The van der Waals surface area contributed by atoms with E-state index in [1.54, 1.807) is 0 Å². The molecule has 2 atom stereocenters. The Morgan fingerprint density at radius 1 is 0.933 bits per heavy atom. The van der Waals surface area contributed by atoms with Gasteiger partial charge in [0.25, 0.3) is 0 Å². The quantitative estimate of drug-likeness (QED) is 0.536. The first-order valence-electron chi connectivity index (χ1n) is 10.9. The normalized spacial score (nSPS) is 24.7. The Morgan fingerprint density at radius 3 is 2.20 bits per heavy atom. The van der Waals surface area contributed by atoms with Crippen LogP contribution in [-0.2, 0) is 14.4 Å². The fraction of sp³-hybridized carbons (Fsp3) is 0.458. The molecule has 0 spiro atoms. The molecule has 158 valence electrons. The van der Waals surface area contributed by atoms with Gasteiger partial charge in [-0.05, 0) is 18.4 Å². The first-order valence-corrected chi connectivity index (χ1v) is 10.9. The van der Waals surface area contributed by atoms with Crippen LogP contribution in [0.3, 0.4) is 0 Å². The molecule has 2 fully saturated rings. The van der Waals surface area contributed by atoms with Gasteiger partial charge in [0.1, 0.15) is 0 Å². The fourth-order valence-corrected chi connectivity index (χ4v) is 4.54. The van der Waals surface area contributed by atoms with Gasteiger partial charge in [0.05, 0.1) is 11.8 Å². The molecule has 2 saturated heterocycles. The SMILES string of the molecule is O=C(CCN1C(=O)[C@H]2CC=CC[C@H]2C1=O)N1CCN(C/C=C/c2ccccc2)CC1. The Hall–Kier alpha value is -2.73. The first kappa shape index (κ1) is 20.5. The summed E-state index contributed by atoms with van der Waals surface area (Å²) in [4.78, 5) is 43.2. The number of hydrogen-bond acceptors (Lipinski definition) is 4. The number of benzene rings is 1. The van der Waals surface area contributed by atoms with Crippen LogP contribution in [0.25, 0.3) is 6.08 Å². The first-order chi connectivity index (χ1) is 14.6. The highest BCUT2D eigenvalue weighted by Crippen LogP contribution is 2.35. The van der Waals surface area contributed by atoms with Crippen LogP contribution in [0.15, 0.2) is 48.6 Å². The number of carbonyl (C=O) groups excluding carboxylic acids is 3. The summed E-state index contributed by atoms with van der Waals surface area (Å²) in [7, 11) is 0. The second kappa shape index (κ2) is 9.39. The number of rotatable bonds is 6. The number of allylic oxidation sites excluding steroid dienone is 2. The predicted octanol–water partition coefficient (Wildman–Crippen LogP) is 2.19. The fourth-order valence-electron chi connectivity index (χ4n) is 4.54. The van der Waals surface area contributed by atoms with Crippen LogP contribution in [0.1, 0.15) is 24.8 Å². The van der Waals surface area contributed by atoms with E-state index in [1.165, 1.54) is 10.5 Å². The third kappa shape index (κ3) is 4.54. The van der Waals surface area contributed by atoms with Crippen molar-refractivity contribution in [3.63, 3.8) is 0 Å². The van der Waals surface area contributed by atoms with Crippen molar-refractivity contribution in [1.29, 1.82) is 0 Å². The number of piperazine rings is 1. The summed E-state index contributed by atoms with van der Waals surface area (Å²) >= 11 is 0. The number of fused-ring (bicyclic) bond motifs is 1. The second-order valence-electron chi connectivity index (χ2n) is 8.23. The third-order valence-electron chi connectivity index (χ3n) is 6.35. The Balaban J connectivity index is 1.20. The van der Waals surface area contributed by atoms with Crippen LogP contribution in [0.5, 0.6) is 0 Å². The lowest BCUT2D eigenvalue weighted by Gasteiger charge is -2.34. The minimum atomic E-state index is -0.218. The number of likely N-dealkylation sites (tertiary alicyclic amines) is 1. The molecule has 3 amide bonds. The van der Waals surface area contributed by atoms with Crippen molar-refractivity contribution in [2.75, 3.05) is 39.3 Å². The van der Waals surface area contributed by atoms with Crippen LogP contribution in [0, 0.1) is 11.8 Å². The summed E-state index contributed by atoms with van der Waals surface area (Å²) in [5.41, 5.74) is 1.19. The molecule has 2 heterocycles. The molecule has 3 aliphatic rings. The summed E-state index contributed by atoms with van der Waals surface area (Å²) in [6, 6.07) is 10.2. The Labute approximate surface area is 177 Å². The van der Waals surface area contributed by atoms with Crippen molar-refractivity contribution in [1.82, 2.24) is 14.7 Å². The molecule has 1 aliphatic carbocycles. The van der Waals surface area contributed by atoms with Gasteiger partial charge in [-0.25, -0.2) is 0 Å². The lowest BCUT2D eigenvalue weighted by Crippen LogP contribution is -2.49. The van der Waals surface area contributed by atoms with Crippen LogP contribution in [-0.4, -0.2) is 71.7 Å². The van der Waals surface area contributed by atoms with Crippen LogP contribution in [0.4, 0.5) is 0 Å². The van der Waals surface area contributed by atoms with E-state index < -0.39 is 0 Å². The summed E-state index contributed by atoms with van der Waals surface area (Å²) in [6.45, 7) is 4.13. The van der Waals surface area contributed by atoms with Crippen molar-refractivity contribution in [3.05, 3.63) is 54.1 Å². The van der Waals surface area contributed by atoms with Gasteiger partial charge in [0, 0.05) is 45.7 Å². The smallest absolute Gasteiger partial charge is 0.233 e. The molecule has 1 aromatic carbocycles. The molecule has 4 rings (SSSR count). The van der Waals surface area contributed by atoms with Crippen molar-refractivity contribution >= 4 is 23.8 Å². The summed E-state index contributed by atoms with van der Waals surface area (Å²) in [6.07, 6.45) is 9.74. The highest BCUT2D eigenvalue weighted by Gasteiger charge is 2.47. The number of hydrogen-bond donors (Lipinski definition) is 0. The molecule has 2 aliphatic heterocycles. The van der Waals surface area contributed by atoms with Crippen molar-refractivity contribution in [2.24, 2.45) is 11.8 Å². The number of amides is 3. The Morgan fingerprint density at radius 2 is 1.57 bits per heavy atom. The zero-order chi connectivity index (χ0) is 20.9. The molecule has 0 radical (unpaired) electrons. The largest absolute Gasteiger partial charge is 0.340 e. The predicted molar refractivity (Wildman–Crippen MR) is 115 cm³/mol. The van der Waals surface area contributed by atoms with Gasteiger partial charge in [-0.15, -0.1) is 0 Å². The van der Waals surface area contributed by atoms with Gasteiger partial charge < -0.3 is 4.90 Å². The zero-order valence-corrected chi connectivity index (χ0v) is 17.3. The molecule has 6 heteroatoms. The van der Waals surface area contributed by atoms with Gasteiger partial charge in [0.2, 0.25) is 17.7 Å². The van der Waals surface area contributed by atoms with Crippen LogP contribution in [0.2, 0.25) is 0 Å². The van der Waals surface area contributed by atoms with E-state index in [9.17, 15) is 14.4 Å². The monoisotopic (exact) mass is 407 g/mol. The molecule has 0 bridgehead atoms. The average Bonchev–Trinajstić information content (AvgIpc) is 3.03. The molecule has 1 aromatic rings. The minimum absolute atomic E-state index is 0.0306. The highest BCUT2D eigenvalue weighted by atomic mass is 16.2. The van der Waals surface area contributed by atoms with Gasteiger partial charge in [-0.2, -0.15) is 0 Å². The molecular weight excluding hydrogens is 378 g/mol. The summed E-state index contributed by atoms with van der Waals surface area (Å²) in [5, 5.41) is 0. The molecule has 0 aromatic heterocycles. The highest BCUT2D eigenvalue weighted by molar-refractivity contribution is 6.05. The summed E-state index contributed by atoms with van der Waals surface area (Å²) < 4.78 is 0. The van der Waals surface area contributed by atoms with Gasteiger partial charge in [-0.3, -0.25) is 24.2 Å². The lowest BCUT2D eigenvalue weighted by atomic mass is 9.85. The molecule has 0 saturated carbocycles. The second-order valence-corrected chi connectivity index (χ2v) is 8.23. The van der Waals surface area contributed by atoms with Gasteiger partial charge >= 0.3 is 0 Å². The van der Waals surface area contributed by atoms with Gasteiger partial charge in [0.15, 0.2) is 0 Å². The van der Waals surface area contributed by atoms with Crippen molar-refractivity contribution in [2.45, 2.75) is 19.3 Å². The van der Waals surface area contributed by atoms with E-state index in [0.29, 0.717) is 25.9 Å². The molecule has 30 heavy (non-hydrogen) atoms. The maximum absolute atomic E-state index is 12.6. The minimum Gasteiger partial charge on any atom is -0.340 e. The van der Waals surface area contributed by atoms with Crippen LogP contribution < -0.4 is 0 Å². The average molecular weight is 408 g/mol. The molecular formula is C24H29N3O3. The van der Waals surface area contributed by atoms with E-state index in [0.717, 1.165) is 19.6 Å². The molecule has 6 nitrogen and oxygen atoms in total. The van der Waals surface area contributed by atoms with Crippen molar-refractivity contribution in [3.8, 4) is 0 Å². The van der Waals surface area contributed by atoms with E-state index >= 15 is 0 Å². The van der Waals surface area contributed by atoms with E-state index in [1.807, 2.05) is 35.3 Å².